The molecule has 1 rings (SSSR count). The molecule has 0 saturated heterocycles. The number of aromatic nitrogens is 2. The molecule has 0 spiro atoms. The Hall–Kier alpha value is -1.56. The molecule has 0 aromatic carbocycles. The Morgan fingerprint density at radius 1 is 1.47 bits per heavy atom. The quantitative estimate of drug-likeness (QED) is 0.678. The van der Waals surface area contributed by atoms with Crippen LogP contribution in [0.15, 0.2) is 11.0 Å². The number of hydrogen-bond acceptors (Lipinski definition) is 3. The molecule has 17 heavy (non-hydrogen) atoms. The average Bonchev–Trinajstić information content (AvgIpc) is 2.63. The fourth-order valence-corrected chi connectivity index (χ4v) is 1.76. The molecule has 1 heterocycles. The van der Waals surface area contributed by atoms with Crippen LogP contribution in [0.1, 0.15) is 24.3 Å². The van der Waals surface area contributed by atoms with Crippen molar-refractivity contribution in [1.82, 2.24) is 20.2 Å². The smallest absolute Gasteiger partial charge is 0.323 e. The highest BCUT2D eigenvalue weighted by atomic mass is 16.2. The second-order valence-corrected chi connectivity index (χ2v) is 4.64. The number of nitrogens with zero attached hydrogens (tertiary/aromatic N) is 1. The molecule has 96 valence electrons. The summed E-state index contributed by atoms with van der Waals surface area (Å²) in [6.45, 7) is 4.76. The summed E-state index contributed by atoms with van der Waals surface area (Å²) in [5, 5.41) is 2.80. The molecule has 0 unspecified atom stereocenters. The van der Waals surface area contributed by atoms with E-state index in [1.54, 1.807) is 0 Å². The third-order valence-electron chi connectivity index (χ3n) is 2.75. The molecule has 1 atom stereocenters. The predicted molar refractivity (Wildman–Crippen MR) is 66.1 cm³/mol. The molecule has 1 amide bonds. The Bertz CT molecular complexity index is 411. The van der Waals surface area contributed by atoms with Gasteiger partial charge in [0.05, 0.1) is 0 Å². The molecule has 0 fully saturated rings. The molecule has 0 radical (unpaired) electrons. The topological polar surface area (TPSA) is 81.0 Å². The summed E-state index contributed by atoms with van der Waals surface area (Å²) in [6.07, 6.45) is 1.37. The van der Waals surface area contributed by atoms with Gasteiger partial charge in [-0.15, -0.1) is 0 Å². The van der Waals surface area contributed by atoms with E-state index in [2.05, 4.69) is 34.0 Å². The molecule has 0 aliphatic heterocycles. The number of likely N-dealkylation sites (N-methyl/N-ethyl adjacent to an activating group) is 1. The van der Waals surface area contributed by atoms with E-state index >= 15 is 0 Å². The lowest BCUT2D eigenvalue weighted by Crippen LogP contribution is -2.43. The maximum Gasteiger partial charge on any atom is 0.323 e. The van der Waals surface area contributed by atoms with Crippen LogP contribution in [0.25, 0.3) is 0 Å². The molecule has 1 aromatic rings. The number of rotatable bonds is 5. The maximum atomic E-state index is 11.7. The molecule has 0 saturated carbocycles. The van der Waals surface area contributed by atoms with Gasteiger partial charge in [-0.3, -0.25) is 4.79 Å². The molecule has 0 bridgehead atoms. The van der Waals surface area contributed by atoms with Crippen molar-refractivity contribution < 1.29 is 4.79 Å². The summed E-state index contributed by atoms with van der Waals surface area (Å²) in [4.78, 5) is 29.4. The normalized spacial score (nSPS) is 13.1. The van der Waals surface area contributed by atoms with Crippen molar-refractivity contribution >= 4 is 5.91 Å². The number of nitrogens with one attached hydrogen (secondary N) is 3. The van der Waals surface area contributed by atoms with E-state index in [0.717, 1.165) is 0 Å². The fourth-order valence-electron chi connectivity index (χ4n) is 1.76. The van der Waals surface area contributed by atoms with Crippen LogP contribution in [0.5, 0.6) is 0 Å². The van der Waals surface area contributed by atoms with E-state index in [4.69, 9.17) is 0 Å². The van der Waals surface area contributed by atoms with E-state index in [0.29, 0.717) is 12.5 Å². The van der Waals surface area contributed by atoms with E-state index in [9.17, 15) is 9.59 Å². The zero-order chi connectivity index (χ0) is 13.0. The number of amides is 1. The van der Waals surface area contributed by atoms with Crippen molar-refractivity contribution in [3.05, 3.63) is 22.4 Å². The number of hydrogen-bond donors (Lipinski definition) is 3. The Morgan fingerprint density at radius 2 is 2.12 bits per heavy atom. The van der Waals surface area contributed by atoms with E-state index in [-0.39, 0.29) is 23.3 Å². The number of imidazole rings is 1. The summed E-state index contributed by atoms with van der Waals surface area (Å²) in [7, 11) is 3.96. The average molecular weight is 240 g/mol. The Labute approximate surface area is 100 Å². The van der Waals surface area contributed by atoms with E-state index in [1.165, 1.54) is 6.20 Å². The van der Waals surface area contributed by atoms with Crippen molar-refractivity contribution in [2.75, 3.05) is 20.6 Å². The molecule has 6 nitrogen and oxygen atoms in total. The second kappa shape index (κ2) is 5.67. The van der Waals surface area contributed by atoms with E-state index in [1.807, 2.05) is 14.1 Å². The molecule has 6 heteroatoms. The first-order valence-electron chi connectivity index (χ1n) is 5.64. The van der Waals surface area contributed by atoms with Gasteiger partial charge < -0.3 is 20.2 Å². The van der Waals surface area contributed by atoms with Gasteiger partial charge in [0.1, 0.15) is 5.69 Å². The molecular weight excluding hydrogens is 220 g/mol. The van der Waals surface area contributed by atoms with Gasteiger partial charge in [0.15, 0.2) is 0 Å². The van der Waals surface area contributed by atoms with Gasteiger partial charge in [0, 0.05) is 18.8 Å². The van der Waals surface area contributed by atoms with Crippen LogP contribution in [-0.4, -0.2) is 47.5 Å². The lowest BCUT2D eigenvalue weighted by molar-refractivity contribution is 0.0930. The molecule has 3 N–H and O–H groups in total. The van der Waals surface area contributed by atoms with Crippen LogP contribution >= 0.6 is 0 Å². The molecular formula is C11H20N4O2. The first kappa shape index (κ1) is 13.5. The first-order valence-corrected chi connectivity index (χ1v) is 5.64. The number of H-pyrrole nitrogens is 2. The van der Waals surface area contributed by atoms with Crippen molar-refractivity contribution in [1.29, 1.82) is 0 Å². The minimum atomic E-state index is -0.372. The number of carbonyl (C=O) groups is 1. The third kappa shape index (κ3) is 3.74. The summed E-state index contributed by atoms with van der Waals surface area (Å²) < 4.78 is 0. The van der Waals surface area contributed by atoms with Gasteiger partial charge in [0.2, 0.25) is 0 Å². The minimum Gasteiger partial charge on any atom is -0.349 e. The van der Waals surface area contributed by atoms with Crippen molar-refractivity contribution in [2.24, 2.45) is 5.92 Å². The fraction of sp³-hybridized carbons (Fsp3) is 0.636. The highest BCUT2D eigenvalue weighted by Crippen LogP contribution is 2.06. The molecule has 1 aromatic heterocycles. The zero-order valence-electron chi connectivity index (χ0n) is 10.7. The SMILES string of the molecule is CC(C)[C@@H](CNC(=O)c1c[nH]c(=O)[nH]1)N(C)C. The van der Waals surface area contributed by atoms with Crippen molar-refractivity contribution in [2.45, 2.75) is 19.9 Å². The monoisotopic (exact) mass is 240 g/mol. The Balaban J connectivity index is 2.55. The minimum absolute atomic E-state index is 0.260. The summed E-state index contributed by atoms with van der Waals surface area (Å²) in [5.41, 5.74) is -0.112. The Morgan fingerprint density at radius 3 is 2.53 bits per heavy atom. The van der Waals surface area contributed by atoms with Crippen LogP contribution in [-0.2, 0) is 0 Å². The summed E-state index contributed by atoms with van der Waals surface area (Å²) in [5.74, 6) is 0.173. The number of carbonyl (C=O) groups excluding carboxylic acids is 1. The van der Waals surface area contributed by atoms with Gasteiger partial charge in [-0.05, 0) is 20.0 Å². The van der Waals surface area contributed by atoms with Gasteiger partial charge >= 0.3 is 5.69 Å². The third-order valence-corrected chi connectivity index (χ3v) is 2.75. The number of aromatic amines is 2. The van der Waals surface area contributed by atoms with Crippen LogP contribution in [0.4, 0.5) is 0 Å². The van der Waals surface area contributed by atoms with Crippen LogP contribution < -0.4 is 11.0 Å². The van der Waals surface area contributed by atoms with Crippen LogP contribution in [0.2, 0.25) is 0 Å². The summed E-state index contributed by atoms with van der Waals surface area (Å²) in [6, 6.07) is 0.268. The maximum absolute atomic E-state index is 11.7. The van der Waals surface area contributed by atoms with Gasteiger partial charge in [-0.2, -0.15) is 0 Å². The lowest BCUT2D eigenvalue weighted by atomic mass is 10.0. The van der Waals surface area contributed by atoms with Crippen molar-refractivity contribution in [3.8, 4) is 0 Å². The van der Waals surface area contributed by atoms with Crippen LogP contribution in [0.3, 0.4) is 0 Å². The predicted octanol–water partition coefficient (Wildman–Crippen LogP) is 0.0190. The summed E-state index contributed by atoms with van der Waals surface area (Å²) >= 11 is 0. The van der Waals surface area contributed by atoms with Gasteiger partial charge in [-0.25, -0.2) is 4.79 Å². The Kier molecular flexibility index (Phi) is 4.51. The highest BCUT2D eigenvalue weighted by molar-refractivity contribution is 5.91. The lowest BCUT2D eigenvalue weighted by Gasteiger charge is -2.27. The highest BCUT2D eigenvalue weighted by Gasteiger charge is 2.17. The zero-order valence-corrected chi connectivity index (χ0v) is 10.7. The standard InChI is InChI=1S/C11H20N4O2/c1-7(2)9(15(3)4)6-12-10(16)8-5-13-11(17)14-8/h5,7,9H,6H2,1-4H3,(H,12,16)(H2,13,14,17)/t9-/m1/s1. The molecule has 0 aliphatic carbocycles. The molecule has 0 aliphatic rings. The van der Waals surface area contributed by atoms with Gasteiger partial charge in [0.25, 0.3) is 5.91 Å². The van der Waals surface area contributed by atoms with Crippen molar-refractivity contribution in [3.63, 3.8) is 0 Å². The van der Waals surface area contributed by atoms with E-state index < -0.39 is 0 Å². The largest absolute Gasteiger partial charge is 0.349 e. The second-order valence-electron chi connectivity index (χ2n) is 4.64. The first-order chi connectivity index (χ1) is 7.91. The van der Waals surface area contributed by atoms with Crippen LogP contribution in [0, 0.1) is 5.92 Å². The van der Waals surface area contributed by atoms with Gasteiger partial charge in [-0.1, -0.05) is 13.8 Å².